The van der Waals surface area contributed by atoms with Crippen molar-refractivity contribution in [2.45, 2.75) is 52.7 Å². The quantitative estimate of drug-likeness (QED) is 0.820. The van der Waals surface area contributed by atoms with E-state index in [9.17, 15) is 0 Å². The van der Waals surface area contributed by atoms with Crippen molar-refractivity contribution in [2.75, 3.05) is 5.32 Å². The minimum Gasteiger partial charge on any atom is -0.462 e. The van der Waals surface area contributed by atoms with Gasteiger partial charge >= 0.3 is 0 Å². The van der Waals surface area contributed by atoms with Crippen molar-refractivity contribution < 1.29 is 4.74 Å². The van der Waals surface area contributed by atoms with Crippen LogP contribution in [0.15, 0.2) is 23.2 Å². The Morgan fingerprint density at radius 2 is 2.06 bits per heavy atom. The van der Waals surface area contributed by atoms with E-state index in [1.54, 1.807) is 0 Å². The van der Waals surface area contributed by atoms with Gasteiger partial charge in [0.15, 0.2) is 0 Å². The van der Waals surface area contributed by atoms with Gasteiger partial charge in [-0.2, -0.15) is 0 Å². The van der Waals surface area contributed by atoms with E-state index in [1.807, 2.05) is 0 Å². The van der Waals surface area contributed by atoms with Crippen LogP contribution < -0.4 is 5.32 Å². The topological polar surface area (TPSA) is 33.6 Å². The van der Waals surface area contributed by atoms with Gasteiger partial charge in [-0.15, -0.1) is 0 Å². The molecule has 0 aliphatic carbocycles. The average molecular weight is 246 g/mol. The molecule has 1 aromatic carbocycles. The minimum absolute atomic E-state index is 0.0569. The molecular formula is C15H22N2O. The minimum atomic E-state index is -0.0569. The van der Waals surface area contributed by atoms with Crippen LogP contribution in [0.1, 0.15) is 38.3 Å². The Kier molecular flexibility index (Phi) is 3.33. The van der Waals surface area contributed by atoms with Gasteiger partial charge in [0.1, 0.15) is 6.10 Å². The van der Waals surface area contributed by atoms with Crippen molar-refractivity contribution in [1.82, 2.24) is 0 Å². The highest BCUT2D eigenvalue weighted by atomic mass is 16.5. The zero-order valence-electron chi connectivity index (χ0n) is 11.9. The predicted molar refractivity (Wildman–Crippen MR) is 76.2 cm³/mol. The number of nitrogens with zero attached hydrogens (tertiary/aromatic N) is 1. The average Bonchev–Trinajstić information content (AvgIpc) is 2.19. The van der Waals surface area contributed by atoms with Crippen molar-refractivity contribution in [1.29, 1.82) is 0 Å². The lowest BCUT2D eigenvalue weighted by Gasteiger charge is -2.31. The Morgan fingerprint density at radius 3 is 2.67 bits per heavy atom. The number of anilines is 1. The molecule has 1 heterocycles. The standard InChI is InChI=1S/C15H22N2O/c1-10-6-7-13(11(2)8-10)16-14-17-15(4,5)9-12(3)18-14/h6-8,12H,9H2,1-5H3,(H,16,17). The summed E-state index contributed by atoms with van der Waals surface area (Å²) in [6, 6.07) is 6.95. The third kappa shape index (κ3) is 3.03. The molecule has 0 amide bonds. The summed E-state index contributed by atoms with van der Waals surface area (Å²) < 4.78 is 5.75. The largest absolute Gasteiger partial charge is 0.462 e. The molecule has 0 aromatic heterocycles. The van der Waals surface area contributed by atoms with Gasteiger partial charge in [-0.3, -0.25) is 0 Å². The number of ether oxygens (including phenoxy) is 1. The summed E-state index contributed by atoms with van der Waals surface area (Å²) in [6.45, 7) is 10.5. The molecule has 1 atom stereocenters. The molecule has 0 fully saturated rings. The fourth-order valence-corrected chi connectivity index (χ4v) is 2.41. The zero-order chi connectivity index (χ0) is 13.3. The fraction of sp³-hybridized carbons (Fsp3) is 0.533. The predicted octanol–water partition coefficient (Wildman–Crippen LogP) is 3.66. The summed E-state index contributed by atoms with van der Waals surface area (Å²) in [7, 11) is 0. The molecule has 3 nitrogen and oxygen atoms in total. The maximum Gasteiger partial charge on any atom is 0.290 e. The summed E-state index contributed by atoms with van der Waals surface area (Å²) in [6.07, 6.45) is 1.15. The Bertz CT molecular complexity index is 477. The van der Waals surface area contributed by atoms with Gasteiger partial charge in [-0.05, 0) is 46.2 Å². The second-order valence-corrected chi connectivity index (χ2v) is 5.81. The molecule has 0 radical (unpaired) electrons. The number of amidine groups is 1. The molecule has 0 saturated carbocycles. The molecule has 98 valence electrons. The first kappa shape index (κ1) is 12.9. The number of hydrogen-bond donors (Lipinski definition) is 1. The molecule has 18 heavy (non-hydrogen) atoms. The number of aliphatic imine (C=N–C) groups is 1. The van der Waals surface area contributed by atoms with E-state index in [4.69, 9.17) is 4.74 Å². The molecule has 1 aliphatic heterocycles. The normalized spacial score (nSPS) is 22.1. The third-order valence-corrected chi connectivity index (χ3v) is 3.13. The van der Waals surface area contributed by atoms with Crippen molar-refractivity contribution >= 4 is 11.7 Å². The summed E-state index contributed by atoms with van der Waals surface area (Å²) in [5.74, 6) is 0. The van der Waals surface area contributed by atoms with Gasteiger partial charge in [0.25, 0.3) is 6.02 Å². The summed E-state index contributed by atoms with van der Waals surface area (Å²) in [5, 5.41) is 3.29. The monoisotopic (exact) mass is 246 g/mol. The highest BCUT2D eigenvalue weighted by Crippen LogP contribution is 2.25. The van der Waals surface area contributed by atoms with E-state index in [2.05, 4.69) is 63.1 Å². The third-order valence-electron chi connectivity index (χ3n) is 3.13. The highest BCUT2D eigenvalue weighted by Gasteiger charge is 2.28. The smallest absolute Gasteiger partial charge is 0.290 e. The SMILES string of the molecule is Cc1ccc(NC2=NC(C)(C)CC(C)O2)c(C)c1. The van der Waals surface area contributed by atoms with Crippen LogP contribution in [-0.2, 0) is 4.74 Å². The molecule has 0 spiro atoms. The van der Waals surface area contributed by atoms with E-state index in [1.165, 1.54) is 11.1 Å². The number of nitrogens with one attached hydrogen (secondary N) is 1. The first-order chi connectivity index (χ1) is 8.35. The lowest BCUT2D eigenvalue weighted by Crippen LogP contribution is -2.37. The summed E-state index contributed by atoms with van der Waals surface area (Å²) >= 11 is 0. The molecule has 0 saturated heterocycles. The lowest BCUT2D eigenvalue weighted by molar-refractivity contribution is 0.144. The first-order valence-corrected chi connectivity index (χ1v) is 6.46. The van der Waals surface area contributed by atoms with E-state index in [0.29, 0.717) is 6.02 Å². The van der Waals surface area contributed by atoms with Crippen LogP contribution in [0.4, 0.5) is 5.69 Å². The summed E-state index contributed by atoms with van der Waals surface area (Å²) in [5.41, 5.74) is 3.47. The number of aryl methyl sites for hydroxylation is 2. The first-order valence-electron chi connectivity index (χ1n) is 6.46. The molecule has 3 heteroatoms. The zero-order valence-corrected chi connectivity index (χ0v) is 11.9. The van der Waals surface area contributed by atoms with Crippen LogP contribution in [0, 0.1) is 13.8 Å². The van der Waals surface area contributed by atoms with E-state index < -0.39 is 0 Å². The van der Waals surface area contributed by atoms with Crippen LogP contribution in [0.2, 0.25) is 0 Å². The molecule has 1 aliphatic rings. The maximum absolute atomic E-state index is 5.75. The van der Waals surface area contributed by atoms with Gasteiger partial charge in [-0.1, -0.05) is 17.7 Å². The van der Waals surface area contributed by atoms with Gasteiger partial charge in [-0.25, -0.2) is 4.99 Å². The second kappa shape index (κ2) is 4.63. The number of benzene rings is 1. The summed E-state index contributed by atoms with van der Waals surface area (Å²) in [4.78, 5) is 4.61. The fourth-order valence-electron chi connectivity index (χ4n) is 2.41. The van der Waals surface area contributed by atoms with Crippen LogP contribution in [-0.4, -0.2) is 17.7 Å². The van der Waals surface area contributed by atoms with E-state index in [-0.39, 0.29) is 11.6 Å². The Morgan fingerprint density at radius 1 is 1.33 bits per heavy atom. The Balaban J connectivity index is 2.21. The number of rotatable bonds is 1. The van der Waals surface area contributed by atoms with Crippen LogP contribution in [0.3, 0.4) is 0 Å². The van der Waals surface area contributed by atoms with Crippen LogP contribution in [0.5, 0.6) is 0 Å². The van der Waals surface area contributed by atoms with Gasteiger partial charge in [0.2, 0.25) is 0 Å². The van der Waals surface area contributed by atoms with Gasteiger partial charge < -0.3 is 10.1 Å². The highest BCUT2D eigenvalue weighted by molar-refractivity contribution is 5.90. The Hall–Kier alpha value is -1.51. The molecule has 1 aromatic rings. The second-order valence-electron chi connectivity index (χ2n) is 5.81. The molecule has 2 rings (SSSR count). The molecule has 1 N–H and O–H groups in total. The maximum atomic E-state index is 5.75. The van der Waals surface area contributed by atoms with Crippen molar-refractivity contribution in [3.63, 3.8) is 0 Å². The van der Waals surface area contributed by atoms with Crippen LogP contribution in [0.25, 0.3) is 0 Å². The van der Waals surface area contributed by atoms with Crippen molar-refractivity contribution in [3.05, 3.63) is 29.3 Å². The lowest BCUT2D eigenvalue weighted by atomic mass is 9.97. The number of hydrogen-bond acceptors (Lipinski definition) is 3. The molecule has 1 unspecified atom stereocenters. The van der Waals surface area contributed by atoms with Gasteiger partial charge in [0.05, 0.1) is 5.54 Å². The molecular weight excluding hydrogens is 224 g/mol. The van der Waals surface area contributed by atoms with Crippen molar-refractivity contribution in [2.24, 2.45) is 4.99 Å². The molecule has 0 bridgehead atoms. The Labute approximate surface area is 109 Å². The van der Waals surface area contributed by atoms with E-state index in [0.717, 1.165) is 12.1 Å². The van der Waals surface area contributed by atoms with E-state index >= 15 is 0 Å². The van der Waals surface area contributed by atoms with Crippen LogP contribution >= 0.6 is 0 Å². The van der Waals surface area contributed by atoms with Gasteiger partial charge in [0, 0.05) is 12.1 Å². The van der Waals surface area contributed by atoms with Crippen molar-refractivity contribution in [3.8, 4) is 0 Å².